The molecular weight excluding hydrogens is 417 g/mol. The third-order valence-electron chi connectivity index (χ3n) is 4.26. The molecule has 162 valence electrons. The van der Waals surface area contributed by atoms with Crippen molar-refractivity contribution in [3.63, 3.8) is 0 Å². The van der Waals surface area contributed by atoms with Crippen molar-refractivity contribution in [3.8, 4) is 5.75 Å². The van der Waals surface area contributed by atoms with E-state index in [0.717, 1.165) is 12.1 Å². The van der Waals surface area contributed by atoms with Crippen LogP contribution in [0.15, 0.2) is 47.4 Å². The van der Waals surface area contributed by atoms with Gasteiger partial charge in [-0.05, 0) is 43.3 Å². The molecule has 2 aromatic carbocycles. The van der Waals surface area contributed by atoms with Crippen LogP contribution in [0.4, 0.5) is 15.8 Å². The second-order valence-electron chi connectivity index (χ2n) is 6.23. The molecular formula is C19H22FN3O6S. The highest BCUT2D eigenvalue weighted by Gasteiger charge is 2.27. The third kappa shape index (κ3) is 5.30. The van der Waals surface area contributed by atoms with Gasteiger partial charge in [-0.2, -0.15) is 4.31 Å². The minimum Gasteiger partial charge on any atom is -0.474 e. The van der Waals surface area contributed by atoms with Crippen molar-refractivity contribution in [2.75, 3.05) is 18.4 Å². The molecule has 0 spiro atoms. The van der Waals surface area contributed by atoms with Crippen LogP contribution in [0, 0.1) is 15.9 Å². The monoisotopic (exact) mass is 439 g/mol. The van der Waals surface area contributed by atoms with Crippen molar-refractivity contribution in [2.45, 2.75) is 31.8 Å². The van der Waals surface area contributed by atoms with Gasteiger partial charge in [0.15, 0.2) is 11.9 Å². The SMILES string of the molecule is CCN(CC)S(=O)(=O)c1ccc(OC(C)C(=O)Nc2ccc(F)cc2)c([N+](=O)[O-])c1. The lowest BCUT2D eigenvalue weighted by Crippen LogP contribution is -2.31. The summed E-state index contributed by atoms with van der Waals surface area (Å²) in [6, 6.07) is 8.30. The molecule has 30 heavy (non-hydrogen) atoms. The van der Waals surface area contributed by atoms with Gasteiger partial charge in [0, 0.05) is 24.8 Å². The van der Waals surface area contributed by atoms with Crippen molar-refractivity contribution in [1.29, 1.82) is 0 Å². The summed E-state index contributed by atoms with van der Waals surface area (Å²) in [6.07, 6.45) is -1.14. The number of anilines is 1. The molecule has 2 aromatic rings. The lowest BCUT2D eigenvalue weighted by molar-refractivity contribution is -0.386. The summed E-state index contributed by atoms with van der Waals surface area (Å²) in [5, 5.41) is 14.0. The zero-order valence-corrected chi connectivity index (χ0v) is 17.5. The van der Waals surface area contributed by atoms with E-state index < -0.39 is 38.5 Å². The largest absolute Gasteiger partial charge is 0.474 e. The van der Waals surface area contributed by atoms with Crippen molar-refractivity contribution < 1.29 is 27.3 Å². The summed E-state index contributed by atoms with van der Waals surface area (Å²) in [7, 11) is -3.90. The van der Waals surface area contributed by atoms with Crippen molar-refractivity contribution in [2.24, 2.45) is 0 Å². The van der Waals surface area contributed by atoms with Crippen LogP contribution in [0.5, 0.6) is 5.75 Å². The van der Waals surface area contributed by atoms with Gasteiger partial charge in [-0.3, -0.25) is 14.9 Å². The molecule has 1 atom stereocenters. The molecule has 1 N–H and O–H groups in total. The summed E-state index contributed by atoms with van der Waals surface area (Å²) >= 11 is 0. The van der Waals surface area contributed by atoms with Crippen LogP contribution in [-0.4, -0.2) is 42.7 Å². The number of amides is 1. The molecule has 11 heteroatoms. The predicted octanol–water partition coefficient (Wildman–Crippen LogP) is 3.17. The third-order valence-corrected chi connectivity index (χ3v) is 6.30. The molecule has 1 unspecified atom stereocenters. The Morgan fingerprint density at radius 3 is 2.33 bits per heavy atom. The normalized spacial score (nSPS) is 12.4. The van der Waals surface area contributed by atoms with Crippen LogP contribution >= 0.6 is 0 Å². The van der Waals surface area contributed by atoms with Crippen LogP contribution in [0.1, 0.15) is 20.8 Å². The number of nitrogens with zero attached hydrogens (tertiary/aromatic N) is 2. The number of ether oxygens (including phenoxy) is 1. The Hall–Kier alpha value is -3.05. The van der Waals surface area contributed by atoms with Gasteiger partial charge in [0.1, 0.15) is 5.82 Å². The average Bonchev–Trinajstić information content (AvgIpc) is 2.70. The van der Waals surface area contributed by atoms with E-state index in [9.17, 15) is 27.7 Å². The fourth-order valence-electron chi connectivity index (χ4n) is 2.63. The number of halogens is 1. The second-order valence-corrected chi connectivity index (χ2v) is 8.17. The number of benzene rings is 2. The average molecular weight is 439 g/mol. The summed E-state index contributed by atoms with van der Waals surface area (Å²) in [4.78, 5) is 22.7. The Bertz CT molecular complexity index is 1020. The Labute approximate surface area is 173 Å². The molecule has 0 aliphatic heterocycles. The van der Waals surface area contributed by atoms with Gasteiger partial charge in [0.2, 0.25) is 10.0 Å². The summed E-state index contributed by atoms with van der Waals surface area (Å²) in [5.41, 5.74) is -0.253. The van der Waals surface area contributed by atoms with Gasteiger partial charge in [-0.25, -0.2) is 12.8 Å². The molecule has 1 amide bonds. The van der Waals surface area contributed by atoms with Gasteiger partial charge in [0.05, 0.1) is 9.82 Å². The number of sulfonamides is 1. The smallest absolute Gasteiger partial charge is 0.312 e. The first kappa shape index (κ1) is 23.2. The maximum atomic E-state index is 13.0. The Morgan fingerprint density at radius 2 is 1.80 bits per heavy atom. The van der Waals surface area contributed by atoms with Crippen LogP contribution in [-0.2, 0) is 14.8 Å². The summed E-state index contributed by atoms with van der Waals surface area (Å²) in [6.45, 7) is 5.13. The number of hydrogen-bond donors (Lipinski definition) is 1. The first-order chi connectivity index (χ1) is 14.1. The van der Waals surface area contributed by atoms with Crippen molar-refractivity contribution >= 4 is 27.3 Å². The molecule has 0 heterocycles. The van der Waals surface area contributed by atoms with Crippen LogP contribution < -0.4 is 10.1 Å². The van der Waals surface area contributed by atoms with E-state index >= 15 is 0 Å². The van der Waals surface area contributed by atoms with E-state index in [2.05, 4.69) is 5.32 Å². The number of carbonyl (C=O) groups is 1. The molecule has 0 aromatic heterocycles. The highest BCUT2D eigenvalue weighted by atomic mass is 32.2. The molecule has 0 fully saturated rings. The lowest BCUT2D eigenvalue weighted by atomic mass is 10.2. The lowest BCUT2D eigenvalue weighted by Gasteiger charge is -2.19. The molecule has 2 rings (SSSR count). The van der Waals surface area contributed by atoms with Gasteiger partial charge in [0.25, 0.3) is 5.91 Å². The van der Waals surface area contributed by atoms with E-state index in [-0.39, 0.29) is 23.7 Å². The number of hydrogen-bond acceptors (Lipinski definition) is 6. The van der Waals surface area contributed by atoms with Crippen molar-refractivity contribution in [1.82, 2.24) is 4.31 Å². The summed E-state index contributed by atoms with van der Waals surface area (Å²) in [5.74, 6) is -1.33. The van der Waals surface area contributed by atoms with E-state index in [4.69, 9.17) is 4.74 Å². The van der Waals surface area contributed by atoms with Crippen LogP contribution in [0.25, 0.3) is 0 Å². The maximum Gasteiger partial charge on any atom is 0.312 e. The van der Waals surface area contributed by atoms with E-state index in [0.29, 0.717) is 5.69 Å². The van der Waals surface area contributed by atoms with Gasteiger partial charge in [-0.1, -0.05) is 13.8 Å². The molecule has 9 nitrogen and oxygen atoms in total. The Morgan fingerprint density at radius 1 is 1.20 bits per heavy atom. The maximum absolute atomic E-state index is 13.0. The topological polar surface area (TPSA) is 119 Å². The molecule has 0 bridgehead atoms. The summed E-state index contributed by atoms with van der Waals surface area (Å²) < 4.78 is 44.8. The van der Waals surface area contributed by atoms with E-state index in [1.165, 1.54) is 41.6 Å². The number of nitro groups is 1. The molecule has 0 aliphatic rings. The van der Waals surface area contributed by atoms with Gasteiger partial charge < -0.3 is 10.1 Å². The highest BCUT2D eigenvalue weighted by molar-refractivity contribution is 7.89. The number of nitrogens with one attached hydrogen (secondary N) is 1. The minimum absolute atomic E-state index is 0.214. The van der Waals surface area contributed by atoms with Crippen molar-refractivity contribution in [3.05, 3.63) is 58.4 Å². The van der Waals surface area contributed by atoms with Crippen LogP contribution in [0.2, 0.25) is 0 Å². The first-order valence-electron chi connectivity index (χ1n) is 9.11. The Kier molecular flexibility index (Phi) is 7.46. The number of nitro benzene ring substituents is 1. The van der Waals surface area contributed by atoms with Crippen LogP contribution in [0.3, 0.4) is 0 Å². The quantitative estimate of drug-likeness (QED) is 0.473. The van der Waals surface area contributed by atoms with E-state index in [1.54, 1.807) is 13.8 Å². The fourth-order valence-corrected chi connectivity index (χ4v) is 4.11. The second kappa shape index (κ2) is 9.63. The number of rotatable bonds is 9. The molecule has 0 saturated heterocycles. The Balaban J connectivity index is 2.25. The van der Waals surface area contributed by atoms with E-state index in [1.807, 2.05) is 0 Å². The first-order valence-corrected chi connectivity index (χ1v) is 10.6. The van der Waals surface area contributed by atoms with Gasteiger partial charge in [-0.15, -0.1) is 0 Å². The molecule has 0 radical (unpaired) electrons. The standard InChI is InChI=1S/C19H22FN3O6S/c1-4-22(5-2)30(27,28)16-10-11-18(17(12-16)23(25)26)29-13(3)19(24)21-15-8-6-14(20)7-9-15/h6-13H,4-5H2,1-3H3,(H,21,24). The number of carbonyl (C=O) groups excluding carboxylic acids is 1. The predicted molar refractivity (Wildman–Crippen MR) is 108 cm³/mol. The minimum atomic E-state index is -3.90. The zero-order chi connectivity index (χ0) is 22.5. The van der Waals surface area contributed by atoms with Gasteiger partial charge >= 0.3 is 5.69 Å². The fraction of sp³-hybridized carbons (Fsp3) is 0.316. The highest BCUT2D eigenvalue weighted by Crippen LogP contribution is 2.31. The molecule has 0 saturated carbocycles. The molecule has 0 aliphatic carbocycles. The zero-order valence-electron chi connectivity index (χ0n) is 16.7.